The molecule has 0 fully saturated rings. The van der Waals surface area contributed by atoms with E-state index in [1.807, 2.05) is 40.2 Å². The quantitative estimate of drug-likeness (QED) is 0.510. The molecule has 10 nitrogen and oxygen atoms in total. The van der Waals surface area contributed by atoms with E-state index in [1.165, 1.54) is 0 Å². The Morgan fingerprint density at radius 1 is 0.967 bits per heavy atom. The second kappa shape index (κ2) is 9.77. The summed E-state index contributed by atoms with van der Waals surface area (Å²) in [6.45, 7) is 7.10. The van der Waals surface area contributed by atoms with Crippen molar-refractivity contribution in [3.63, 3.8) is 0 Å². The Kier molecular flexibility index (Phi) is 6.89. The van der Waals surface area contributed by atoms with Crippen molar-refractivity contribution in [2.45, 2.75) is 26.6 Å². The van der Waals surface area contributed by atoms with E-state index in [0.29, 0.717) is 35.2 Å². The van der Waals surface area contributed by atoms with Crippen LogP contribution in [0.4, 0.5) is 0 Å². The van der Waals surface area contributed by atoms with Crippen LogP contribution in [-0.4, -0.2) is 43.6 Å². The van der Waals surface area contributed by atoms with E-state index in [9.17, 15) is 0 Å². The first-order valence-electron chi connectivity index (χ1n) is 9.64. The lowest BCUT2D eigenvalue weighted by Gasteiger charge is -2.18. The summed E-state index contributed by atoms with van der Waals surface area (Å²) < 4.78 is 21.3. The molecule has 1 aromatic carbocycles. The molecule has 0 aliphatic carbocycles. The van der Waals surface area contributed by atoms with Crippen LogP contribution in [0, 0.1) is 0 Å². The molecule has 2 heterocycles. The smallest absolute Gasteiger partial charge is 0.203 e. The Bertz CT molecular complexity index is 931. The minimum atomic E-state index is 0.245. The van der Waals surface area contributed by atoms with Gasteiger partial charge in [0.2, 0.25) is 5.75 Å². The summed E-state index contributed by atoms with van der Waals surface area (Å²) in [4.78, 5) is 0. The predicted molar refractivity (Wildman–Crippen MR) is 111 cm³/mol. The Balaban J connectivity index is 1.92. The maximum absolute atomic E-state index is 6.04. The van der Waals surface area contributed by atoms with E-state index in [1.54, 1.807) is 21.8 Å². The molecule has 160 valence electrons. The largest absolute Gasteiger partial charge is 0.486 e. The van der Waals surface area contributed by atoms with Gasteiger partial charge in [-0.1, -0.05) is 23.9 Å². The summed E-state index contributed by atoms with van der Waals surface area (Å²) in [6.07, 6.45) is 4.45. The van der Waals surface area contributed by atoms with Crippen LogP contribution in [0.25, 0.3) is 5.70 Å². The molecule has 2 aromatic heterocycles. The lowest BCUT2D eigenvalue weighted by atomic mass is 10.1. The van der Waals surface area contributed by atoms with Crippen LogP contribution in [-0.2, 0) is 27.3 Å². The summed E-state index contributed by atoms with van der Waals surface area (Å²) in [5, 5.41) is 19.1. The average molecular weight is 413 g/mol. The fourth-order valence-electron chi connectivity index (χ4n) is 2.68. The third-order valence-corrected chi connectivity index (χ3v) is 4.17. The molecule has 30 heavy (non-hydrogen) atoms. The van der Waals surface area contributed by atoms with Crippen LogP contribution in [0.5, 0.6) is 17.2 Å². The van der Waals surface area contributed by atoms with Crippen LogP contribution in [0.2, 0.25) is 0 Å². The van der Waals surface area contributed by atoms with Gasteiger partial charge in [-0.15, -0.1) is 10.2 Å². The van der Waals surface area contributed by atoms with E-state index in [4.69, 9.17) is 14.2 Å². The molecule has 0 unspecified atom stereocenters. The average Bonchev–Trinajstić information content (AvgIpc) is 3.36. The number of hydrogen-bond donors (Lipinski definition) is 1. The normalized spacial score (nSPS) is 10.7. The third-order valence-electron chi connectivity index (χ3n) is 4.17. The Labute approximate surface area is 175 Å². The van der Waals surface area contributed by atoms with Crippen molar-refractivity contribution >= 4 is 5.70 Å². The highest BCUT2D eigenvalue weighted by Crippen LogP contribution is 2.41. The van der Waals surface area contributed by atoms with E-state index >= 15 is 0 Å². The van der Waals surface area contributed by atoms with Crippen molar-refractivity contribution in [2.75, 3.05) is 13.7 Å². The molecule has 0 aliphatic rings. The lowest BCUT2D eigenvalue weighted by molar-refractivity contribution is 0.233. The monoisotopic (exact) mass is 413 g/mol. The van der Waals surface area contributed by atoms with Crippen LogP contribution in [0.15, 0.2) is 31.1 Å². The summed E-state index contributed by atoms with van der Waals surface area (Å²) in [6, 6.07) is 3.74. The van der Waals surface area contributed by atoms with Crippen molar-refractivity contribution in [1.82, 2.24) is 35.3 Å². The number of hydrogen-bond acceptors (Lipinski definition) is 8. The van der Waals surface area contributed by atoms with E-state index in [0.717, 1.165) is 17.7 Å². The maximum atomic E-state index is 6.04. The van der Waals surface area contributed by atoms with Gasteiger partial charge in [-0.3, -0.25) is 9.36 Å². The van der Waals surface area contributed by atoms with Gasteiger partial charge >= 0.3 is 0 Å². The SMILES string of the molecule is C=C(NC)c1cc(OCc2cn(C)nn2)c(OCCC)c(OCc2cn(C)nn2)c1. The van der Waals surface area contributed by atoms with Crippen molar-refractivity contribution < 1.29 is 14.2 Å². The van der Waals surface area contributed by atoms with Crippen molar-refractivity contribution in [3.05, 3.63) is 48.1 Å². The van der Waals surface area contributed by atoms with E-state index in [-0.39, 0.29) is 13.2 Å². The van der Waals surface area contributed by atoms with Gasteiger partial charge < -0.3 is 19.5 Å². The number of nitrogens with zero attached hydrogens (tertiary/aromatic N) is 6. The molecule has 1 N–H and O–H groups in total. The second-order valence-corrected chi connectivity index (χ2v) is 6.72. The highest BCUT2D eigenvalue weighted by atomic mass is 16.5. The molecule has 0 spiro atoms. The van der Waals surface area contributed by atoms with E-state index in [2.05, 4.69) is 32.5 Å². The minimum absolute atomic E-state index is 0.245. The van der Waals surface area contributed by atoms with Gasteiger partial charge in [-0.05, 0) is 18.6 Å². The number of ether oxygens (including phenoxy) is 3. The van der Waals surface area contributed by atoms with Crippen LogP contribution in [0.3, 0.4) is 0 Å². The number of aromatic nitrogens is 6. The fraction of sp³-hybridized carbons (Fsp3) is 0.400. The zero-order valence-corrected chi connectivity index (χ0v) is 17.8. The van der Waals surface area contributed by atoms with Gasteiger partial charge in [0.25, 0.3) is 0 Å². The minimum Gasteiger partial charge on any atom is -0.486 e. The van der Waals surface area contributed by atoms with Crippen molar-refractivity contribution in [1.29, 1.82) is 0 Å². The summed E-state index contributed by atoms with van der Waals surface area (Å²) in [7, 11) is 5.43. The lowest BCUT2D eigenvalue weighted by Crippen LogP contribution is -2.08. The molecule has 3 aromatic rings. The third kappa shape index (κ3) is 5.28. The number of rotatable bonds is 11. The molecule has 0 atom stereocenters. The number of aryl methyl sites for hydroxylation is 2. The van der Waals surface area contributed by atoms with Crippen molar-refractivity contribution in [2.24, 2.45) is 14.1 Å². The van der Waals surface area contributed by atoms with Gasteiger partial charge in [-0.2, -0.15) is 0 Å². The molecule has 0 amide bonds. The first kappa shape index (κ1) is 21.2. The van der Waals surface area contributed by atoms with Crippen molar-refractivity contribution in [3.8, 4) is 17.2 Å². The first-order valence-corrected chi connectivity index (χ1v) is 9.64. The molecular weight excluding hydrogens is 386 g/mol. The van der Waals surface area contributed by atoms with Crippen LogP contribution in [0.1, 0.15) is 30.3 Å². The molecular formula is C20H27N7O3. The number of benzene rings is 1. The summed E-state index contributed by atoms with van der Waals surface area (Å²) >= 11 is 0. The Hall–Kier alpha value is -3.56. The molecule has 0 radical (unpaired) electrons. The first-order chi connectivity index (χ1) is 14.5. The van der Waals surface area contributed by atoms with Gasteiger partial charge in [0.1, 0.15) is 24.6 Å². The highest BCUT2D eigenvalue weighted by Gasteiger charge is 2.18. The van der Waals surface area contributed by atoms with Gasteiger partial charge in [0, 0.05) is 32.4 Å². The predicted octanol–water partition coefficient (Wildman–Crippen LogP) is 2.08. The Morgan fingerprint density at radius 3 is 1.90 bits per heavy atom. The molecule has 10 heteroatoms. The van der Waals surface area contributed by atoms with Gasteiger partial charge in [-0.25, -0.2) is 0 Å². The van der Waals surface area contributed by atoms with Gasteiger partial charge in [0.15, 0.2) is 11.5 Å². The summed E-state index contributed by atoms with van der Waals surface area (Å²) in [5.74, 6) is 1.60. The van der Waals surface area contributed by atoms with Crippen LogP contribution >= 0.6 is 0 Å². The molecule has 0 saturated carbocycles. The zero-order chi connectivity index (χ0) is 21.5. The van der Waals surface area contributed by atoms with E-state index < -0.39 is 0 Å². The van der Waals surface area contributed by atoms with Crippen LogP contribution < -0.4 is 19.5 Å². The standard InChI is InChI=1S/C20H27N7O3/c1-6-7-28-20-18(29-12-16-10-26(4)24-22-16)8-15(14(2)21-3)9-19(20)30-13-17-11-27(5)25-23-17/h8-11,21H,2,6-7,12-13H2,1,3-5H3. The highest BCUT2D eigenvalue weighted by molar-refractivity contribution is 5.68. The number of nitrogens with one attached hydrogen (secondary N) is 1. The maximum Gasteiger partial charge on any atom is 0.203 e. The topological polar surface area (TPSA) is 101 Å². The molecule has 0 aliphatic heterocycles. The zero-order valence-electron chi connectivity index (χ0n) is 17.8. The second-order valence-electron chi connectivity index (χ2n) is 6.72. The van der Waals surface area contributed by atoms with Gasteiger partial charge in [0.05, 0.1) is 19.0 Å². The Morgan fingerprint density at radius 2 is 1.50 bits per heavy atom. The summed E-state index contributed by atoms with van der Waals surface area (Å²) in [5.41, 5.74) is 2.97. The molecule has 0 saturated heterocycles. The molecule has 3 rings (SSSR count). The fourth-order valence-corrected chi connectivity index (χ4v) is 2.68. The molecule has 0 bridgehead atoms.